The Bertz CT molecular complexity index is 523. The Morgan fingerprint density at radius 1 is 1.50 bits per heavy atom. The number of hydrogen-bond donors (Lipinski definition) is 1. The average Bonchev–Trinajstić information content (AvgIpc) is 2.77. The van der Waals surface area contributed by atoms with Crippen molar-refractivity contribution in [1.29, 1.82) is 0 Å². The van der Waals surface area contributed by atoms with Crippen LogP contribution >= 0.6 is 0 Å². The van der Waals surface area contributed by atoms with Gasteiger partial charge >= 0.3 is 6.18 Å². The number of aryl methyl sites for hydroxylation is 1. The Balaban J connectivity index is 2.03. The molecule has 1 atom stereocenters. The second-order valence-corrected chi connectivity index (χ2v) is 6.30. The number of aromatic nitrogens is 2. The first-order valence-corrected chi connectivity index (χ1v) is 7.67. The fraction of sp³-hybridized carbons (Fsp3) is 0.733. The summed E-state index contributed by atoms with van der Waals surface area (Å²) in [4.78, 5) is 11.9. The van der Waals surface area contributed by atoms with Crippen LogP contribution in [0.1, 0.15) is 56.8 Å². The van der Waals surface area contributed by atoms with E-state index in [1.54, 1.807) is 0 Å². The van der Waals surface area contributed by atoms with Gasteiger partial charge in [-0.1, -0.05) is 13.8 Å². The molecule has 0 aliphatic heterocycles. The average molecular weight is 317 g/mol. The van der Waals surface area contributed by atoms with Gasteiger partial charge in [-0.2, -0.15) is 18.3 Å². The Hall–Kier alpha value is -1.53. The molecule has 1 aromatic rings. The fourth-order valence-corrected chi connectivity index (χ4v) is 2.69. The lowest BCUT2D eigenvalue weighted by Gasteiger charge is -2.22. The molecule has 0 bridgehead atoms. The quantitative estimate of drug-likeness (QED) is 0.905. The molecular weight excluding hydrogens is 295 g/mol. The van der Waals surface area contributed by atoms with E-state index in [9.17, 15) is 18.0 Å². The zero-order valence-electron chi connectivity index (χ0n) is 12.9. The highest BCUT2D eigenvalue weighted by molar-refractivity contribution is 5.76. The summed E-state index contributed by atoms with van der Waals surface area (Å²) in [6.07, 6.45) is 0.690. The van der Waals surface area contributed by atoms with Gasteiger partial charge in [0.2, 0.25) is 5.91 Å². The minimum absolute atomic E-state index is 0.0584. The normalized spacial score (nSPS) is 18.4. The summed E-state index contributed by atoms with van der Waals surface area (Å²) in [6.45, 7) is 3.00. The van der Waals surface area contributed by atoms with Gasteiger partial charge < -0.3 is 5.32 Å². The molecule has 0 saturated heterocycles. The maximum atomic E-state index is 12.5. The zero-order valence-corrected chi connectivity index (χ0v) is 12.9. The lowest BCUT2D eigenvalue weighted by atomic mass is 9.93. The van der Waals surface area contributed by atoms with E-state index in [1.807, 2.05) is 13.8 Å². The van der Waals surface area contributed by atoms with Crippen molar-refractivity contribution in [3.8, 4) is 0 Å². The Kier molecular flexibility index (Phi) is 5.13. The highest BCUT2D eigenvalue weighted by Gasteiger charge is 2.31. The minimum atomic E-state index is -4.29. The number of fused-ring (bicyclic) bond motifs is 1. The van der Waals surface area contributed by atoms with Crippen molar-refractivity contribution in [3.05, 3.63) is 17.5 Å². The van der Waals surface area contributed by atoms with E-state index in [1.165, 1.54) is 6.20 Å². The SMILES string of the molecule is CC(C)CCC(=O)NC1CCCc2cn(CC(F)(F)F)nc21. The van der Waals surface area contributed by atoms with Gasteiger partial charge in [-0.25, -0.2) is 0 Å². The number of carbonyl (C=O) groups excluding carboxylic acids is 1. The molecule has 4 nitrogen and oxygen atoms in total. The monoisotopic (exact) mass is 317 g/mol. The maximum Gasteiger partial charge on any atom is 0.408 e. The van der Waals surface area contributed by atoms with Crippen LogP contribution in [-0.2, 0) is 17.8 Å². The van der Waals surface area contributed by atoms with Crippen LogP contribution < -0.4 is 5.32 Å². The molecule has 7 heteroatoms. The summed E-state index contributed by atoms with van der Waals surface area (Å²) in [5, 5.41) is 6.96. The number of hydrogen-bond acceptors (Lipinski definition) is 2. The van der Waals surface area contributed by atoms with E-state index in [-0.39, 0.29) is 11.9 Å². The zero-order chi connectivity index (χ0) is 16.3. The molecule has 1 amide bonds. The number of nitrogens with zero attached hydrogens (tertiary/aromatic N) is 2. The molecule has 2 rings (SSSR count). The molecule has 0 radical (unpaired) electrons. The molecule has 1 unspecified atom stereocenters. The van der Waals surface area contributed by atoms with Gasteiger partial charge in [-0.05, 0) is 37.2 Å². The van der Waals surface area contributed by atoms with Crippen LogP contribution in [0.4, 0.5) is 13.2 Å². The first kappa shape index (κ1) is 16.8. The molecule has 1 aromatic heterocycles. The second-order valence-electron chi connectivity index (χ2n) is 6.30. The number of rotatable bonds is 5. The van der Waals surface area contributed by atoms with Crippen molar-refractivity contribution >= 4 is 5.91 Å². The van der Waals surface area contributed by atoms with Gasteiger partial charge in [0, 0.05) is 12.6 Å². The van der Waals surface area contributed by atoms with Gasteiger partial charge in [0.25, 0.3) is 0 Å². The number of halogens is 3. The number of amides is 1. The Morgan fingerprint density at radius 2 is 2.23 bits per heavy atom. The van der Waals surface area contributed by atoms with Gasteiger partial charge in [-0.15, -0.1) is 0 Å². The lowest BCUT2D eigenvalue weighted by Crippen LogP contribution is -2.31. The van der Waals surface area contributed by atoms with Crippen molar-refractivity contribution in [2.75, 3.05) is 0 Å². The van der Waals surface area contributed by atoms with E-state index in [0.717, 1.165) is 29.5 Å². The highest BCUT2D eigenvalue weighted by Crippen LogP contribution is 2.29. The van der Waals surface area contributed by atoms with Gasteiger partial charge in [0.15, 0.2) is 0 Å². The number of carbonyl (C=O) groups is 1. The molecule has 1 aliphatic carbocycles. The number of nitrogens with one attached hydrogen (secondary N) is 1. The molecule has 0 spiro atoms. The van der Waals surface area contributed by atoms with E-state index in [4.69, 9.17) is 0 Å². The van der Waals surface area contributed by atoms with Crippen molar-refractivity contribution < 1.29 is 18.0 Å². The first-order valence-electron chi connectivity index (χ1n) is 7.67. The fourth-order valence-electron chi connectivity index (χ4n) is 2.69. The predicted octanol–water partition coefficient (Wildman–Crippen LogP) is 3.38. The second kappa shape index (κ2) is 6.71. The molecular formula is C15H22F3N3O. The van der Waals surface area contributed by atoms with Crippen LogP contribution in [0.15, 0.2) is 6.20 Å². The molecule has 0 aromatic carbocycles. The maximum absolute atomic E-state index is 12.5. The largest absolute Gasteiger partial charge is 0.408 e. The summed E-state index contributed by atoms with van der Waals surface area (Å²) in [7, 11) is 0. The summed E-state index contributed by atoms with van der Waals surface area (Å²) in [6, 6.07) is -0.266. The van der Waals surface area contributed by atoms with Crippen LogP contribution in [0.2, 0.25) is 0 Å². The predicted molar refractivity (Wildman–Crippen MR) is 76.2 cm³/mol. The van der Waals surface area contributed by atoms with E-state index in [2.05, 4.69) is 10.4 Å². The summed E-state index contributed by atoms with van der Waals surface area (Å²) in [5.74, 6) is 0.385. The van der Waals surface area contributed by atoms with Crippen LogP contribution in [0.3, 0.4) is 0 Å². The van der Waals surface area contributed by atoms with Crippen molar-refractivity contribution in [2.45, 2.75) is 64.7 Å². The summed E-state index contributed by atoms with van der Waals surface area (Å²) < 4.78 is 38.3. The third-order valence-corrected chi connectivity index (χ3v) is 3.76. The van der Waals surface area contributed by atoms with Crippen molar-refractivity contribution in [2.24, 2.45) is 5.92 Å². The topological polar surface area (TPSA) is 46.9 Å². The standard InChI is InChI=1S/C15H22F3N3O/c1-10(2)6-7-13(22)19-12-5-3-4-11-8-21(20-14(11)12)9-15(16,17)18/h8,10,12H,3-7,9H2,1-2H3,(H,19,22). The van der Waals surface area contributed by atoms with Crippen LogP contribution in [-0.4, -0.2) is 21.9 Å². The minimum Gasteiger partial charge on any atom is -0.348 e. The smallest absolute Gasteiger partial charge is 0.348 e. The molecule has 1 heterocycles. The first-order chi connectivity index (χ1) is 10.2. The molecule has 1 aliphatic rings. The summed E-state index contributed by atoms with van der Waals surface area (Å²) >= 11 is 0. The van der Waals surface area contributed by atoms with E-state index < -0.39 is 12.7 Å². The third kappa shape index (κ3) is 4.74. The van der Waals surface area contributed by atoms with Gasteiger partial charge in [0.05, 0.1) is 11.7 Å². The van der Waals surface area contributed by atoms with Crippen molar-refractivity contribution in [1.82, 2.24) is 15.1 Å². The molecule has 0 saturated carbocycles. The third-order valence-electron chi connectivity index (χ3n) is 3.76. The molecule has 22 heavy (non-hydrogen) atoms. The van der Waals surface area contributed by atoms with Gasteiger partial charge in [-0.3, -0.25) is 9.48 Å². The lowest BCUT2D eigenvalue weighted by molar-refractivity contribution is -0.142. The molecule has 0 fully saturated rings. The van der Waals surface area contributed by atoms with Gasteiger partial charge in [0.1, 0.15) is 6.54 Å². The summed E-state index contributed by atoms with van der Waals surface area (Å²) in [5.41, 5.74) is 1.40. The molecule has 1 N–H and O–H groups in total. The van der Waals surface area contributed by atoms with E-state index in [0.29, 0.717) is 24.5 Å². The van der Waals surface area contributed by atoms with E-state index >= 15 is 0 Å². The Labute approximate surface area is 128 Å². The number of alkyl halides is 3. The van der Waals surface area contributed by atoms with Crippen LogP contribution in [0.5, 0.6) is 0 Å². The molecule has 124 valence electrons. The Morgan fingerprint density at radius 3 is 2.86 bits per heavy atom. The highest BCUT2D eigenvalue weighted by atomic mass is 19.4. The van der Waals surface area contributed by atoms with Crippen molar-refractivity contribution in [3.63, 3.8) is 0 Å². The van der Waals surface area contributed by atoms with Crippen LogP contribution in [0.25, 0.3) is 0 Å². The van der Waals surface area contributed by atoms with Crippen LogP contribution in [0, 0.1) is 5.92 Å².